The van der Waals surface area contributed by atoms with Crippen molar-refractivity contribution in [2.45, 2.75) is 142 Å². The molecule has 0 saturated carbocycles. The molecule has 0 spiro atoms. The minimum atomic E-state index is -1.49. The van der Waals surface area contributed by atoms with Gasteiger partial charge in [-0.3, -0.25) is 0 Å². The Kier molecular flexibility index (Phi) is 22.9. The molecule has 0 aromatic heterocycles. The summed E-state index contributed by atoms with van der Waals surface area (Å²) < 4.78 is 13.0. The molecule has 4 heteroatoms. The van der Waals surface area contributed by atoms with Crippen LogP contribution in [0.15, 0.2) is 0 Å². The minimum Gasteiger partial charge on any atom is -0.397 e. The first-order chi connectivity index (χ1) is 15.5. The van der Waals surface area contributed by atoms with Crippen molar-refractivity contribution in [1.29, 1.82) is 0 Å². The lowest BCUT2D eigenvalue weighted by atomic mass is 10.0. The van der Waals surface area contributed by atoms with Crippen molar-refractivity contribution < 1.29 is 13.3 Å². The van der Waals surface area contributed by atoms with Crippen molar-refractivity contribution >= 4 is 9.28 Å². The molecule has 0 aromatic rings. The molecule has 0 rings (SSSR count). The number of hydrogen-bond donors (Lipinski definition) is 0. The van der Waals surface area contributed by atoms with E-state index < -0.39 is 9.28 Å². The Morgan fingerprint density at radius 3 is 1.31 bits per heavy atom. The van der Waals surface area contributed by atoms with Gasteiger partial charge in [0.25, 0.3) is 0 Å². The Morgan fingerprint density at radius 2 is 0.938 bits per heavy atom. The van der Waals surface area contributed by atoms with Gasteiger partial charge in [0.15, 0.2) is 0 Å². The zero-order chi connectivity index (χ0) is 23.9. The second kappa shape index (κ2) is 22.9. The van der Waals surface area contributed by atoms with Gasteiger partial charge in [0, 0.05) is 25.2 Å². The van der Waals surface area contributed by atoms with Crippen molar-refractivity contribution in [1.82, 2.24) is 0 Å². The average Bonchev–Trinajstić information content (AvgIpc) is 2.77. The summed E-state index contributed by atoms with van der Waals surface area (Å²) in [6.07, 6.45) is 24.3. The first kappa shape index (κ1) is 32.1. The first-order valence-electron chi connectivity index (χ1n) is 14.5. The summed E-state index contributed by atoms with van der Waals surface area (Å²) in [6.45, 7) is 12.9. The number of rotatable bonds is 25. The van der Waals surface area contributed by atoms with E-state index in [1.165, 1.54) is 122 Å². The number of nitrogens with zero attached hydrogens (tertiary/aromatic N) is 1. The maximum absolute atomic E-state index is 5.91. The van der Waals surface area contributed by atoms with Crippen molar-refractivity contribution in [2.24, 2.45) is 0 Å². The Morgan fingerprint density at radius 1 is 0.562 bits per heavy atom. The second-order valence-corrected chi connectivity index (χ2v) is 13.3. The molecule has 3 nitrogen and oxygen atoms in total. The highest BCUT2D eigenvalue weighted by Crippen LogP contribution is 2.19. The smallest absolute Gasteiger partial charge is 0.324 e. The molecule has 194 valence electrons. The van der Waals surface area contributed by atoms with Crippen LogP contribution < -0.4 is 0 Å². The maximum Gasteiger partial charge on any atom is 0.324 e. The first-order valence-corrected chi connectivity index (χ1v) is 16.1. The molecule has 0 radical (unpaired) electrons. The Bertz CT molecular complexity index is 372. The Hall–Kier alpha value is 0.0969. The molecule has 0 aliphatic carbocycles. The third-order valence-corrected chi connectivity index (χ3v) is 9.52. The van der Waals surface area contributed by atoms with Crippen LogP contribution in [0.25, 0.3) is 0 Å². The van der Waals surface area contributed by atoms with Gasteiger partial charge in [-0.25, -0.2) is 0 Å². The van der Waals surface area contributed by atoms with E-state index >= 15 is 0 Å². The van der Waals surface area contributed by atoms with E-state index in [-0.39, 0.29) is 0 Å². The van der Waals surface area contributed by atoms with Crippen molar-refractivity contribution in [2.75, 3.05) is 40.4 Å². The van der Waals surface area contributed by atoms with Crippen LogP contribution in [0, 0.1) is 0 Å². The fourth-order valence-corrected chi connectivity index (χ4v) is 6.43. The Labute approximate surface area is 205 Å². The summed E-state index contributed by atoms with van der Waals surface area (Å²) in [5.41, 5.74) is 0.595. The molecule has 32 heavy (non-hydrogen) atoms. The van der Waals surface area contributed by atoms with E-state index in [4.69, 9.17) is 8.85 Å². The van der Waals surface area contributed by atoms with E-state index in [9.17, 15) is 0 Å². The number of hydrogen-bond acceptors (Lipinski definition) is 2. The van der Waals surface area contributed by atoms with E-state index in [0.29, 0.717) is 5.54 Å². The van der Waals surface area contributed by atoms with Crippen LogP contribution in [0.1, 0.15) is 137 Å². The fourth-order valence-electron chi connectivity index (χ4n) is 4.59. The van der Waals surface area contributed by atoms with Gasteiger partial charge >= 0.3 is 9.28 Å². The summed E-state index contributed by atoms with van der Waals surface area (Å²) in [6, 6.07) is 0. The van der Waals surface area contributed by atoms with Gasteiger partial charge in [-0.2, -0.15) is 0 Å². The zero-order valence-electron chi connectivity index (χ0n) is 23.3. The lowest BCUT2D eigenvalue weighted by Gasteiger charge is -2.32. The number of unbranched alkanes of at least 4 members (excludes halogenated alkanes) is 15. The highest BCUT2D eigenvalue weighted by Gasteiger charge is 2.24. The maximum atomic E-state index is 5.91. The molecule has 0 bridgehead atoms. The van der Waals surface area contributed by atoms with Crippen LogP contribution in [0.2, 0.25) is 5.54 Å². The third-order valence-electron chi connectivity index (χ3n) is 6.93. The van der Waals surface area contributed by atoms with Gasteiger partial charge in [-0.15, -0.1) is 0 Å². The highest BCUT2D eigenvalue weighted by molar-refractivity contribution is 6.46. The summed E-state index contributed by atoms with van der Waals surface area (Å²) in [7, 11) is 3.30. The second-order valence-electron chi connectivity index (χ2n) is 10.7. The van der Waals surface area contributed by atoms with Gasteiger partial charge < -0.3 is 13.3 Å². The van der Waals surface area contributed by atoms with Crippen LogP contribution in [-0.2, 0) is 8.85 Å². The zero-order valence-corrected chi connectivity index (χ0v) is 24.4. The average molecular weight is 473 g/mol. The molecule has 0 amide bonds. The summed E-state index contributed by atoms with van der Waals surface area (Å²) >= 11 is 0. The summed E-state index contributed by atoms with van der Waals surface area (Å²) in [5.74, 6) is 0. The molecule has 0 saturated heterocycles. The van der Waals surface area contributed by atoms with E-state index in [1.807, 2.05) is 0 Å². The predicted molar refractivity (Wildman–Crippen MR) is 146 cm³/mol. The van der Waals surface area contributed by atoms with Crippen molar-refractivity contribution in [3.8, 4) is 0 Å². The van der Waals surface area contributed by atoms with Crippen LogP contribution in [0.5, 0.6) is 0 Å². The van der Waals surface area contributed by atoms with E-state index in [0.717, 1.165) is 17.7 Å². The minimum absolute atomic E-state index is 0.595. The topological polar surface area (TPSA) is 18.5 Å². The van der Waals surface area contributed by atoms with Crippen LogP contribution in [0.3, 0.4) is 0 Å². The van der Waals surface area contributed by atoms with Crippen LogP contribution in [-0.4, -0.2) is 54.2 Å². The molecule has 0 aromatic carbocycles. The molecule has 0 fully saturated rings. The van der Waals surface area contributed by atoms with Crippen molar-refractivity contribution in [3.63, 3.8) is 0 Å². The van der Waals surface area contributed by atoms with Crippen LogP contribution >= 0.6 is 0 Å². The molecular weight excluding hydrogens is 410 g/mol. The molecule has 1 atom stereocenters. The SMILES string of the molecule is CCCCCCCCCCCCCCCCCC[N+](C)(C)CCC(C)[SiH](OCC)OCC. The lowest BCUT2D eigenvalue weighted by Crippen LogP contribution is -2.42. The fraction of sp³-hybridized carbons (Fsp3) is 1.00. The van der Waals surface area contributed by atoms with Crippen LogP contribution in [0.4, 0.5) is 0 Å². The van der Waals surface area contributed by atoms with Gasteiger partial charge in [0.05, 0.1) is 27.2 Å². The summed E-state index contributed by atoms with van der Waals surface area (Å²) in [4.78, 5) is 0. The molecule has 0 heterocycles. The van der Waals surface area contributed by atoms with Gasteiger partial charge in [0.2, 0.25) is 0 Å². The largest absolute Gasteiger partial charge is 0.397 e. The highest BCUT2D eigenvalue weighted by atomic mass is 28.3. The molecule has 1 unspecified atom stereocenters. The standard InChI is InChI=1S/C28H62NO2Si/c1-7-10-11-12-13-14-15-16-17-18-19-20-21-22-23-24-26-29(5,6)27-25-28(4)32(30-8-2)31-9-3/h28,32H,7-27H2,1-6H3/q+1. The molecule has 0 aliphatic heterocycles. The van der Waals surface area contributed by atoms with E-state index in [2.05, 4.69) is 41.8 Å². The Balaban J connectivity index is 3.53. The summed E-state index contributed by atoms with van der Waals surface area (Å²) in [5, 5.41) is 0. The van der Waals surface area contributed by atoms with Gasteiger partial charge in [-0.05, 0) is 26.7 Å². The number of quaternary nitrogens is 1. The van der Waals surface area contributed by atoms with E-state index in [1.54, 1.807) is 0 Å². The quantitative estimate of drug-likeness (QED) is 0.0754. The van der Waals surface area contributed by atoms with Gasteiger partial charge in [0.1, 0.15) is 0 Å². The third kappa shape index (κ3) is 20.7. The van der Waals surface area contributed by atoms with Crippen molar-refractivity contribution in [3.05, 3.63) is 0 Å². The molecule has 0 aliphatic rings. The van der Waals surface area contributed by atoms with Gasteiger partial charge in [-0.1, -0.05) is 104 Å². The molecule has 0 N–H and O–H groups in total. The predicted octanol–water partition coefficient (Wildman–Crippen LogP) is 8.40. The normalized spacial score (nSPS) is 13.2. The monoisotopic (exact) mass is 472 g/mol. The molecular formula is C28H62NO2Si+. The lowest BCUT2D eigenvalue weighted by molar-refractivity contribution is -0.890.